The maximum atomic E-state index is 12.3. The van der Waals surface area contributed by atoms with E-state index in [4.69, 9.17) is 9.47 Å². The van der Waals surface area contributed by atoms with Crippen molar-refractivity contribution in [1.82, 2.24) is 4.90 Å². The largest absolute Gasteiger partial charge is 0.493 e. The first-order valence-corrected chi connectivity index (χ1v) is 7.15. The third-order valence-electron chi connectivity index (χ3n) is 3.83. The number of amides is 1. The molecule has 0 saturated carbocycles. The number of hydrogen-bond donors (Lipinski definition) is 0. The summed E-state index contributed by atoms with van der Waals surface area (Å²) in [5.41, 5.74) is 1.10. The van der Waals surface area contributed by atoms with Gasteiger partial charge in [0.25, 0.3) is 0 Å². The molecular formula is C16H23NO3. The Morgan fingerprint density at radius 1 is 1.20 bits per heavy atom. The molecule has 0 aliphatic carbocycles. The highest BCUT2D eigenvalue weighted by molar-refractivity contribution is 5.79. The number of benzene rings is 1. The Labute approximate surface area is 120 Å². The summed E-state index contributed by atoms with van der Waals surface area (Å²) >= 11 is 0. The SMILES string of the molecule is COc1ccc(CC(C)C(=O)N2CCCC2)cc1OC. The normalized spacial score (nSPS) is 16.1. The van der Waals surface area contributed by atoms with Crippen LogP contribution in [0.5, 0.6) is 11.5 Å². The number of hydrogen-bond acceptors (Lipinski definition) is 3. The monoisotopic (exact) mass is 277 g/mol. The molecule has 0 N–H and O–H groups in total. The molecule has 0 aromatic heterocycles. The zero-order valence-corrected chi connectivity index (χ0v) is 12.5. The van der Waals surface area contributed by atoms with Crippen molar-refractivity contribution in [3.05, 3.63) is 23.8 Å². The number of carbonyl (C=O) groups is 1. The van der Waals surface area contributed by atoms with Crippen molar-refractivity contribution in [2.24, 2.45) is 5.92 Å². The molecule has 20 heavy (non-hydrogen) atoms. The van der Waals surface area contributed by atoms with Crippen molar-refractivity contribution in [2.75, 3.05) is 27.3 Å². The van der Waals surface area contributed by atoms with Crippen LogP contribution in [0.4, 0.5) is 0 Å². The quantitative estimate of drug-likeness (QED) is 0.830. The predicted molar refractivity (Wildman–Crippen MR) is 78.2 cm³/mol. The molecule has 1 aromatic carbocycles. The van der Waals surface area contributed by atoms with E-state index >= 15 is 0 Å². The van der Waals surface area contributed by atoms with Gasteiger partial charge < -0.3 is 14.4 Å². The smallest absolute Gasteiger partial charge is 0.225 e. The number of likely N-dealkylation sites (tertiary alicyclic amines) is 1. The van der Waals surface area contributed by atoms with Crippen LogP contribution >= 0.6 is 0 Å². The first-order valence-electron chi connectivity index (χ1n) is 7.15. The molecule has 1 saturated heterocycles. The van der Waals surface area contributed by atoms with Crippen molar-refractivity contribution in [2.45, 2.75) is 26.2 Å². The zero-order chi connectivity index (χ0) is 14.5. The standard InChI is InChI=1S/C16H23NO3/c1-12(16(18)17-8-4-5-9-17)10-13-6-7-14(19-2)15(11-13)20-3/h6-7,11-12H,4-5,8-10H2,1-3H3. The first kappa shape index (κ1) is 14.7. The van der Waals surface area contributed by atoms with Crippen LogP contribution in [-0.2, 0) is 11.2 Å². The van der Waals surface area contributed by atoms with E-state index in [1.54, 1.807) is 14.2 Å². The second-order valence-corrected chi connectivity index (χ2v) is 5.33. The minimum atomic E-state index is 0.00574. The van der Waals surface area contributed by atoms with Crippen molar-refractivity contribution in [3.63, 3.8) is 0 Å². The molecular weight excluding hydrogens is 254 g/mol. The van der Waals surface area contributed by atoms with Gasteiger partial charge in [-0.2, -0.15) is 0 Å². The Morgan fingerprint density at radius 3 is 2.45 bits per heavy atom. The van der Waals surface area contributed by atoms with Gasteiger partial charge in [-0.25, -0.2) is 0 Å². The number of ether oxygens (including phenoxy) is 2. The summed E-state index contributed by atoms with van der Waals surface area (Å²) < 4.78 is 10.5. The van der Waals surface area contributed by atoms with E-state index in [1.165, 1.54) is 0 Å². The fourth-order valence-electron chi connectivity index (χ4n) is 2.70. The summed E-state index contributed by atoms with van der Waals surface area (Å²) in [7, 11) is 3.25. The van der Waals surface area contributed by atoms with Crippen LogP contribution in [0.3, 0.4) is 0 Å². The highest BCUT2D eigenvalue weighted by Crippen LogP contribution is 2.28. The maximum Gasteiger partial charge on any atom is 0.225 e. The van der Waals surface area contributed by atoms with Gasteiger partial charge in [0.15, 0.2) is 11.5 Å². The molecule has 1 heterocycles. The molecule has 1 fully saturated rings. The summed E-state index contributed by atoms with van der Waals surface area (Å²) in [4.78, 5) is 14.3. The van der Waals surface area contributed by atoms with Gasteiger partial charge in [-0.15, -0.1) is 0 Å². The molecule has 1 aliphatic heterocycles. The molecule has 110 valence electrons. The molecule has 4 heteroatoms. The van der Waals surface area contributed by atoms with E-state index in [2.05, 4.69) is 0 Å². The highest BCUT2D eigenvalue weighted by atomic mass is 16.5. The minimum absolute atomic E-state index is 0.00574. The van der Waals surface area contributed by atoms with E-state index in [1.807, 2.05) is 30.0 Å². The van der Waals surface area contributed by atoms with Crippen LogP contribution in [0.25, 0.3) is 0 Å². The van der Waals surface area contributed by atoms with E-state index < -0.39 is 0 Å². The van der Waals surface area contributed by atoms with Crippen LogP contribution in [0.1, 0.15) is 25.3 Å². The lowest BCUT2D eigenvalue weighted by molar-refractivity contribution is -0.133. The van der Waals surface area contributed by atoms with Gasteiger partial charge in [0.05, 0.1) is 14.2 Å². The molecule has 1 unspecified atom stereocenters. The number of methoxy groups -OCH3 is 2. The summed E-state index contributed by atoms with van der Waals surface area (Å²) in [5, 5.41) is 0. The molecule has 0 bridgehead atoms. The summed E-state index contributed by atoms with van der Waals surface area (Å²) in [6, 6.07) is 5.84. The number of nitrogens with zero attached hydrogens (tertiary/aromatic N) is 1. The Hall–Kier alpha value is -1.71. The summed E-state index contributed by atoms with van der Waals surface area (Å²) in [5.74, 6) is 1.70. The van der Waals surface area contributed by atoms with Crippen LogP contribution in [0.2, 0.25) is 0 Å². The summed E-state index contributed by atoms with van der Waals surface area (Å²) in [6.45, 7) is 3.82. The Morgan fingerprint density at radius 2 is 1.85 bits per heavy atom. The predicted octanol–water partition coefficient (Wildman–Crippen LogP) is 2.50. The lowest BCUT2D eigenvalue weighted by atomic mass is 9.99. The Kier molecular flexibility index (Phi) is 4.88. The number of carbonyl (C=O) groups excluding carboxylic acids is 1. The fraction of sp³-hybridized carbons (Fsp3) is 0.562. The number of rotatable bonds is 5. The second-order valence-electron chi connectivity index (χ2n) is 5.33. The van der Waals surface area contributed by atoms with E-state index in [0.717, 1.165) is 43.7 Å². The molecule has 1 aliphatic rings. The van der Waals surface area contributed by atoms with Gasteiger partial charge in [-0.05, 0) is 37.0 Å². The van der Waals surface area contributed by atoms with E-state index in [9.17, 15) is 4.79 Å². The molecule has 4 nitrogen and oxygen atoms in total. The fourth-order valence-corrected chi connectivity index (χ4v) is 2.70. The van der Waals surface area contributed by atoms with E-state index in [-0.39, 0.29) is 11.8 Å². The maximum absolute atomic E-state index is 12.3. The van der Waals surface area contributed by atoms with Crippen molar-refractivity contribution < 1.29 is 14.3 Å². The van der Waals surface area contributed by atoms with Crippen LogP contribution in [0.15, 0.2) is 18.2 Å². The molecule has 0 spiro atoms. The molecule has 2 rings (SSSR count). The third-order valence-corrected chi connectivity index (χ3v) is 3.83. The van der Waals surface area contributed by atoms with Crippen molar-refractivity contribution in [3.8, 4) is 11.5 Å². The van der Waals surface area contributed by atoms with Gasteiger partial charge in [-0.3, -0.25) is 4.79 Å². The van der Waals surface area contributed by atoms with Crippen LogP contribution < -0.4 is 9.47 Å². The Bertz CT molecular complexity index is 467. The Balaban J connectivity index is 2.03. The molecule has 0 radical (unpaired) electrons. The molecule has 1 atom stereocenters. The van der Waals surface area contributed by atoms with Gasteiger partial charge in [0.2, 0.25) is 5.91 Å². The van der Waals surface area contributed by atoms with Crippen LogP contribution in [0, 0.1) is 5.92 Å². The second kappa shape index (κ2) is 6.64. The van der Waals surface area contributed by atoms with Crippen molar-refractivity contribution >= 4 is 5.91 Å². The molecule has 1 amide bonds. The molecule has 1 aromatic rings. The van der Waals surface area contributed by atoms with Gasteiger partial charge in [0.1, 0.15) is 0 Å². The van der Waals surface area contributed by atoms with Gasteiger partial charge in [0, 0.05) is 19.0 Å². The average molecular weight is 277 g/mol. The average Bonchev–Trinajstić information content (AvgIpc) is 3.00. The van der Waals surface area contributed by atoms with Crippen LogP contribution in [-0.4, -0.2) is 38.1 Å². The lowest BCUT2D eigenvalue weighted by Crippen LogP contribution is -2.33. The topological polar surface area (TPSA) is 38.8 Å². The highest BCUT2D eigenvalue weighted by Gasteiger charge is 2.23. The van der Waals surface area contributed by atoms with Gasteiger partial charge >= 0.3 is 0 Å². The first-order chi connectivity index (χ1) is 9.65. The summed E-state index contributed by atoms with van der Waals surface area (Å²) in [6.07, 6.45) is 3.00. The van der Waals surface area contributed by atoms with Gasteiger partial charge in [-0.1, -0.05) is 13.0 Å². The zero-order valence-electron chi connectivity index (χ0n) is 12.5. The third kappa shape index (κ3) is 3.24. The van der Waals surface area contributed by atoms with E-state index in [0.29, 0.717) is 5.75 Å². The minimum Gasteiger partial charge on any atom is -0.493 e. The van der Waals surface area contributed by atoms with Crippen molar-refractivity contribution in [1.29, 1.82) is 0 Å². The lowest BCUT2D eigenvalue weighted by Gasteiger charge is -2.20.